The highest BCUT2D eigenvalue weighted by Crippen LogP contribution is 2.26. The van der Waals surface area contributed by atoms with Crippen molar-refractivity contribution in [2.45, 2.75) is 19.9 Å². The molecule has 2 heteroatoms. The van der Waals surface area contributed by atoms with Crippen molar-refractivity contribution in [1.82, 2.24) is 4.90 Å². The van der Waals surface area contributed by atoms with Crippen LogP contribution in [0.2, 0.25) is 5.02 Å². The summed E-state index contributed by atoms with van der Waals surface area (Å²) in [4.78, 5) is 2.31. The van der Waals surface area contributed by atoms with Crippen molar-refractivity contribution < 1.29 is 0 Å². The first kappa shape index (κ1) is 9.04. The first-order valence-electron chi connectivity index (χ1n) is 4.63. The molecule has 1 nitrogen and oxygen atoms in total. The van der Waals surface area contributed by atoms with Crippen LogP contribution in [0, 0.1) is 6.92 Å². The molecule has 13 heavy (non-hydrogen) atoms. The van der Waals surface area contributed by atoms with Gasteiger partial charge in [0.2, 0.25) is 0 Å². The summed E-state index contributed by atoms with van der Waals surface area (Å²) in [6.07, 6.45) is 1.13. The van der Waals surface area contributed by atoms with Gasteiger partial charge in [-0.15, -0.1) is 0 Å². The molecule has 70 valence electrons. The second kappa shape index (κ2) is 3.32. The van der Waals surface area contributed by atoms with Gasteiger partial charge < -0.3 is 4.90 Å². The fourth-order valence-electron chi connectivity index (χ4n) is 1.90. The van der Waals surface area contributed by atoms with Gasteiger partial charge >= 0.3 is 0 Å². The Kier molecular flexibility index (Phi) is 2.31. The van der Waals surface area contributed by atoms with Crippen molar-refractivity contribution in [2.24, 2.45) is 0 Å². The van der Waals surface area contributed by atoms with Crippen LogP contribution < -0.4 is 0 Å². The van der Waals surface area contributed by atoms with Gasteiger partial charge in [-0.05, 0) is 43.1 Å². The number of aryl methyl sites for hydroxylation is 1. The highest BCUT2D eigenvalue weighted by molar-refractivity contribution is 6.31. The monoisotopic (exact) mass is 195 g/mol. The van der Waals surface area contributed by atoms with Crippen LogP contribution in [0.15, 0.2) is 12.1 Å². The van der Waals surface area contributed by atoms with Gasteiger partial charge in [-0.25, -0.2) is 0 Å². The average molecular weight is 196 g/mol. The summed E-state index contributed by atoms with van der Waals surface area (Å²) >= 11 is 6.19. The lowest BCUT2D eigenvalue weighted by Gasteiger charge is -2.26. The van der Waals surface area contributed by atoms with Gasteiger partial charge in [-0.3, -0.25) is 0 Å². The van der Waals surface area contributed by atoms with E-state index in [1.807, 2.05) is 0 Å². The van der Waals surface area contributed by atoms with E-state index in [1.54, 1.807) is 0 Å². The van der Waals surface area contributed by atoms with Crippen molar-refractivity contribution in [3.05, 3.63) is 33.8 Å². The van der Waals surface area contributed by atoms with E-state index in [0.29, 0.717) is 0 Å². The van der Waals surface area contributed by atoms with Crippen LogP contribution in [0.4, 0.5) is 0 Å². The summed E-state index contributed by atoms with van der Waals surface area (Å²) in [5.41, 5.74) is 4.03. The Hall–Kier alpha value is -0.530. The van der Waals surface area contributed by atoms with E-state index < -0.39 is 0 Å². The van der Waals surface area contributed by atoms with Gasteiger partial charge in [0.15, 0.2) is 0 Å². The van der Waals surface area contributed by atoms with E-state index in [2.05, 4.69) is 31.0 Å². The third-order valence-electron chi connectivity index (χ3n) is 2.62. The average Bonchev–Trinajstić information content (AvgIpc) is 2.06. The third-order valence-corrected chi connectivity index (χ3v) is 2.96. The molecule has 0 radical (unpaired) electrons. The van der Waals surface area contributed by atoms with Crippen LogP contribution in [0.5, 0.6) is 0 Å². The quantitative estimate of drug-likeness (QED) is 0.615. The van der Waals surface area contributed by atoms with Gasteiger partial charge in [-0.1, -0.05) is 17.7 Å². The minimum absolute atomic E-state index is 0.932. The van der Waals surface area contributed by atoms with Crippen molar-refractivity contribution >= 4 is 11.6 Å². The number of likely N-dealkylation sites (N-methyl/N-ethyl adjacent to an activating group) is 1. The van der Waals surface area contributed by atoms with Gasteiger partial charge in [0.1, 0.15) is 0 Å². The second-order valence-corrected chi connectivity index (χ2v) is 4.28. The maximum absolute atomic E-state index is 6.19. The van der Waals surface area contributed by atoms with Crippen molar-refractivity contribution in [2.75, 3.05) is 13.6 Å². The molecular formula is C11H14ClN. The molecule has 0 amide bonds. The summed E-state index contributed by atoms with van der Waals surface area (Å²) in [5.74, 6) is 0. The van der Waals surface area contributed by atoms with Gasteiger partial charge in [0.25, 0.3) is 0 Å². The minimum atomic E-state index is 0.932. The smallest absolute Gasteiger partial charge is 0.0456 e. The summed E-state index contributed by atoms with van der Waals surface area (Å²) in [6.45, 7) is 4.24. The Balaban J connectivity index is 2.47. The van der Waals surface area contributed by atoms with Gasteiger partial charge in [0.05, 0.1) is 0 Å². The van der Waals surface area contributed by atoms with Crippen LogP contribution in [0.1, 0.15) is 16.7 Å². The van der Waals surface area contributed by atoms with Crippen LogP contribution in [0.3, 0.4) is 0 Å². The lowest BCUT2D eigenvalue weighted by Crippen LogP contribution is -2.26. The first-order valence-corrected chi connectivity index (χ1v) is 5.01. The fraction of sp³-hybridized carbons (Fsp3) is 0.455. The maximum atomic E-state index is 6.19. The number of hydrogen-bond acceptors (Lipinski definition) is 1. The summed E-state index contributed by atoms with van der Waals surface area (Å²) in [6, 6.07) is 4.31. The van der Waals surface area contributed by atoms with Crippen LogP contribution in [0.25, 0.3) is 0 Å². The Bertz CT molecular complexity index is 333. The molecule has 2 rings (SSSR count). The van der Waals surface area contributed by atoms with Crippen LogP contribution >= 0.6 is 11.6 Å². The number of nitrogens with zero attached hydrogens (tertiary/aromatic N) is 1. The zero-order valence-electron chi connectivity index (χ0n) is 8.10. The van der Waals surface area contributed by atoms with E-state index in [-0.39, 0.29) is 0 Å². The Morgan fingerprint density at radius 2 is 2.15 bits per heavy atom. The SMILES string of the molecule is Cc1cc(Cl)c2c(c1)CCN(C)C2. The predicted molar refractivity (Wildman–Crippen MR) is 56.2 cm³/mol. The van der Waals surface area contributed by atoms with Gasteiger partial charge in [-0.2, -0.15) is 0 Å². The lowest BCUT2D eigenvalue weighted by molar-refractivity contribution is 0.313. The molecule has 0 aromatic heterocycles. The fourth-order valence-corrected chi connectivity index (χ4v) is 2.26. The van der Waals surface area contributed by atoms with Gasteiger partial charge in [0, 0.05) is 18.1 Å². The molecule has 1 heterocycles. The molecule has 1 aromatic carbocycles. The first-order chi connectivity index (χ1) is 6.16. The van der Waals surface area contributed by atoms with Crippen molar-refractivity contribution in [3.8, 4) is 0 Å². The molecule has 0 bridgehead atoms. The molecule has 1 aliphatic rings. The van der Waals surface area contributed by atoms with E-state index >= 15 is 0 Å². The van der Waals surface area contributed by atoms with Crippen LogP contribution in [-0.2, 0) is 13.0 Å². The predicted octanol–water partition coefficient (Wildman–Crippen LogP) is 2.64. The molecule has 0 unspecified atom stereocenters. The number of fused-ring (bicyclic) bond motifs is 1. The Labute approximate surface area is 84.3 Å². The lowest BCUT2D eigenvalue weighted by atomic mass is 9.98. The molecule has 0 spiro atoms. The Morgan fingerprint density at radius 3 is 2.92 bits per heavy atom. The van der Waals surface area contributed by atoms with Crippen molar-refractivity contribution in [3.63, 3.8) is 0 Å². The second-order valence-electron chi connectivity index (χ2n) is 3.87. The summed E-state index contributed by atoms with van der Waals surface area (Å²) in [7, 11) is 2.14. The highest BCUT2D eigenvalue weighted by Gasteiger charge is 2.15. The number of benzene rings is 1. The summed E-state index contributed by atoms with van der Waals surface area (Å²) < 4.78 is 0. The third kappa shape index (κ3) is 1.72. The maximum Gasteiger partial charge on any atom is 0.0456 e. The molecule has 1 aliphatic heterocycles. The van der Waals surface area contributed by atoms with Crippen molar-refractivity contribution in [1.29, 1.82) is 0 Å². The minimum Gasteiger partial charge on any atom is -0.302 e. The van der Waals surface area contributed by atoms with E-state index in [9.17, 15) is 0 Å². The molecule has 0 N–H and O–H groups in total. The zero-order chi connectivity index (χ0) is 9.42. The van der Waals surface area contributed by atoms with Crippen LogP contribution in [-0.4, -0.2) is 18.5 Å². The largest absolute Gasteiger partial charge is 0.302 e. The normalized spacial score (nSPS) is 17.2. The molecule has 0 saturated carbocycles. The van der Waals surface area contributed by atoms with E-state index in [4.69, 9.17) is 11.6 Å². The Morgan fingerprint density at radius 1 is 1.38 bits per heavy atom. The molecule has 0 fully saturated rings. The molecule has 0 aliphatic carbocycles. The zero-order valence-corrected chi connectivity index (χ0v) is 8.86. The van der Waals surface area contributed by atoms with E-state index in [0.717, 1.165) is 24.5 Å². The molecule has 0 saturated heterocycles. The molecular weight excluding hydrogens is 182 g/mol. The van der Waals surface area contributed by atoms with E-state index in [1.165, 1.54) is 16.7 Å². The number of rotatable bonds is 0. The molecule has 0 atom stereocenters. The highest BCUT2D eigenvalue weighted by atomic mass is 35.5. The standard InChI is InChI=1S/C11H14ClN/c1-8-5-9-3-4-13(2)7-10(9)11(12)6-8/h5-6H,3-4,7H2,1-2H3. The number of hydrogen-bond donors (Lipinski definition) is 0. The molecule has 1 aromatic rings. The number of halogens is 1. The topological polar surface area (TPSA) is 3.24 Å². The summed E-state index contributed by atoms with van der Waals surface area (Å²) in [5, 5.41) is 0.932.